The molecule has 1 N–H and O–H groups in total. The minimum absolute atomic E-state index is 0.487. The van der Waals surface area contributed by atoms with Gasteiger partial charge >= 0.3 is 0 Å². The number of nitrogens with one attached hydrogen (secondary N) is 1. The Morgan fingerprint density at radius 1 is 1.00 bits per heavy atom. The highest BCUT2D eigenvalue weighted by molar-refractivity contribution is 7.17. The Bertz CT molecular complexity index is 1300. The van der Waals surface area contributed by atoms with Crippen molar-refractivity contribution in [1.82, 2.24) is 14.5 Å². The van der Waals surface area contributed by atoms with Crippen LogP contribution in [0.25, 0.3) is 32.4 Å². The van der Waals surface area contributed by atoms with Crippen LogP contribution in [0.5, 0.6) is 0 Å². The molecule has 3 aromatic heterocycles. The van der Waals surface area contributed by atoms with Crippen LogP contribution in [-0.2, 0) is 7.05 Å². The van der Waals surface area contributed by atoms with Crippen LogP contribution in [0, 0.1) is 0 Å². The van der Waals surface area contributed by atoms with Crippen molar-refractivity contribution in [2.75, 3.05) is 5.43 Å². The van der Waals surface area contributed by atoms with E-state index in [4.69, 9.17) is 4.98 Å². The number of thiophene rings is 1. The quantitative estimate of drug-likeness (QED) is 0.339. The summed E-state index contributed by atoms with van der Waals surface area (Å²) in [5.41, 5.74) is 8.12. The molecule has 136 valence electrons. The highest BCUT2D eigenvalue weighted by Crippen LogP contribution is 2.36. The van der Waals surface area contributed by atoms with Crippen molar-refractivity contribution >= 4 is 44.6 Å². The molecular formula is C22H17N5S. The summed E-state index contributed by atoms with van der Waals surface area (Å²) in [6.45, 7) is 0. The third kappa shape index (κ3) is 2.93. The lowest BCUT2D eigenvalue weighted by Crippen LogP contribution is -1.98. The van der Waals surface area contributed by atoms with E-state index in [9.17, 15) is 0 Å². The van der Waals surface area contributed by atoms with Gasteiger partial charge < -0.3 is 4.57 Å². The van der Waals surface area contributed by atoms with Crippen molar-refractivity contribution in [1.29, 1.82) is 0 Å². The zero-order valence-electron chi connectivity index (χ0n) is 15.2. The van der Waals surface area contributed by atoms with E-state index >= 15 is 0 Å². The number of aryl methyl sites for hydroxylation is 1. The minimum atomic E-state index is 0.487. The monoisotopic (exact) mass is 383 g/mol. The Morgan fingerprint density at radius 3 is 2.71 bits per heavy atom. The molecule has 0 saturated heterocycles. The largest absolute Gasteiger partial charge is 0.350 e. The van der Waals surface area contributed by atoms with E-state index in [2.05, 4.69) is 57.6 Å². The second-order valence-corrected chi connectivity index (χ2v) is 7.40. The Morgan fingerprint density at radius 2 is 1.82 bits per heavy atom. The first kappa shape index (κ1) is 16.6. The number of para-hydroxylation sites is 1. The third-order valence-electron chi connectivity index (χ3n) is 4.63. The first-order valence-electron chi connectivity index (χ1n) is 8.93. The maximum Gasteiger partial charge on any atom is 0.244 e. The molecule has 5 rings (SSSR count). The molecule has 3 heterocycles. The van der Waals surface area contributed by atoms with Crippen LogP contribution in [0.1, 0.15) is 5.56 Å². The fraction of sp³-hybridized carbons (Fsp3) is 0.0455. The van der Waals surface area contributed by atoms with Gasteiger partial charge in [-0.2, -0.15) is 5.10 Å². The maximum atomic E-state index is 4.80. The van der Waals surface area contributed by atoms with Crippen LogP contribution < -0.4 is 5.43 Å². The van der Waals surface area contributed by atoms with E-state index in [0.717, 1.165) is 27.0 Å². The van der Waals surface area contributed by atoms with Crippen molar-refractivity contribution in [2.24, 2.45) is 12.1 Å². The molecule has 0 atom stereocenters. The summed E-state index contributed by atoms with van der Waals surface area (Å²) >= 11 is 1.66. The van der Waals surface area contributed by atoms with Gasteiger partial charge in [0.2, 0.25) is 5.95 Å². The zero-order chi connectivity index (χ0) is 18.9. The number of fused-ring (bicyclic) bond motifs is 2. The van der Waals surface area contributed by atoms with Crippen LogP contribution in [0.2, 0.25) is 0 Å². The lowest BCUT2D eigenvalue weighted by atomic mass is 10.1. The van der Waals surface area contributed by atoms with Gasteiger partial charge in [-0.15, -0.1) is 11.3 Å². The van der Waals surface area contributed by atoms with Gasteiger partial charge in [0.05, 0.1) is 22.1 Å². The van der Waals surface area contributed by atoms with Crippen molar-refractivity contribution in [2.45, 2.75) is 0 Å². The molecule has 0 spiro atoms. The van der Waals surface area contributed by atoms with E-state index < -0.39 is 0 Å². The van der Waals surface area contributed by atoms with Gasteiger partial charge in [-0.1, -0.05) is 48.5 Å². The number of anilines is 1. The molecule has 5 aromatic rings. The predicted octanol–water partition coefficient (Wildman–Crippen LogP) is 5.30. The Kier molecular flexibility index (Phi) is 4.10. The van der Waals surface area contributed by atoms with Crippen molar-refractivity contribution in [3.05, 3.63) is 77.8 Å². The van der Waals surface area contributed by atoms with Gasteiger partial charge in [0, 0.05) is 29.7 Å². The van der Waals surface area contributed by atoms with Gasteiger partial charge in [-0.05, 0) is 23.1 Å². The molecule has 6 heteroatoms. The number of hydrazone groups is 1. The van der Waals surface area contributed by atoms with Crippen LogP contribution in [-0.4, -0.2) is 20.7 Å². The fourth-order valence-corrected chi connectivity index (χ4v) is 4.16. The van der Waals surface area contributed by atoms with Crippen molar-refractivity contribution < 1.29 is 0 Å². The molecule has 5 nitrogen and oxygen atoms in total. The number of rotatable bonds is 4. The molecular weight excluding hydrogens is 366 g/mol. The summed E-state index contributed by atoms with van der Waals surface area (Å²) in [6, 6.07) is 20.3. The van der Waals surface area contributed by atoms with Crippen molar-refractivity contribution in [3.63, 3.8) is 0 Å². The molecule has 28 heavy (non-hydrogen) atoms. The normalized spacial score (nSPS) is 11.6. The first-order valence-corrected chi connectivity index (χ1v) is 9.81. The Balaban J connectivity index is 1.59. The molecule has 0 aliphatic heterocycles. The summed E-state index contributed by atoms with van der Waals surface area (Å²) in [5, 5.41) is 7.53. The number of hydrogen-bond acceptors (Lipinski definition) is 5. The first-order chi connectivity index (χ1) is 13.8. The second kappa shape index (κ2) is 6.90. The highest BCUT2D eigenvalue weighted by atomic mass is 32.1. The lowest BCUT2D eigenvalue weighted by molar-refractivity contribution is 0.969. The van der Waals surface area contributed by atoms with E-state index in [-0.39, 0.29) is 0 Å². The van der Waals surface area contributed by atoms with E-state index in [1.807, 2.05) is 41.8 Å². The average Bonchev–Trinajstić information content (AvgIpc) is 3.33. The van der Waals surface area contributed by atoms with E-state index in [1.54, 1.807) is 17.6 Å². The Hall–Kier alpha value is -3.51. The third-order valence-corrected chi connectivity index (χ3v) is 5.54. The predicted molar refractivity (Wildman–Crippen MR) is 117 cm³/mol. The molecule has 2 aromatic carbocycles. The molecule has 0 radical (unpaired) electrons. The lowest BCUT2D eigenvalue weighted by Gasteiger charge is -2.05. The Labute approximate surface area is 166 Å². The number of aromatic nitrogens is 3. The van der Waals surface area contributed by atoms with Crippen LogP contribution in [0.15, 0.2) is 77.3 Å². The van der Waals surface area contributed by atoms with Crippen LogP contribution >= 0.6 is 11.3 Å². The summed E-state index contributed by atoms with van der Waals surface area (Å²) in [6.07, 6.45) is 3.89. The smallest absolute Gasteiger partial charge is 0.244 e. The van der Waals surface area contributed by atoms with Crippen LogP contribution in [0.3, 0.4) is 0 Å². The molecule has 0 bridgehead atoms. The fourth-order valence-electron chi connectivity index (χ4n) is 3.33. The van der Waals surface area contributed by atoms with Crippen molar-refractivity contribution in [3.8, 4) is 11.3 Å². The average molecular weight is 383 g/mol. The molecule has 0 aliphatic rings. The van der Waals surface area contributed by atoms with Gasteiger partial charge in [-0.25, -0.2) is 15.4 Å². The SMILES string of the molecule is Cn1cc(-c2nc(N/N=C/c3ccccc3)nc3ccsc23)c2ccccc21. The van der Waals surface area contributed by atoms with Crippen LogP contribution in [0.4, 0.5) is 5.95 Å². The highest BCUT2D eigenvalue weighted by Gasteiger charge is 2.15. The summed E-state index contributed by atoms with van der Waals surface area (Å²) in [7, 11) is 2.06. The molecule has 0 unspecified atom stereocenters. The number of benzene rings is 2. The summed E-state index contributed by atoms with van der Waals surface area (Å²) in [4.78, 5) is 9.41. The minimum Gasteiger partial charge on any atom is -0.350 e. The van der Waals surface area contributed by atoms with Gasteiger partial charge in [0.25, 0.3) is 0 Å². The van der Waals surface area contributed by atoms with Gasteiger partial charge in [-0.3, -0.25) is 0 Å². The van der Waals surface area contributed by atoms with E-state index in [1.165, 1.54) is 10.9 Å². The van der Waals surface area contributed by atoms with E-state index in [0.29, 0.717) is 5.95 Å². The topological polar surface area (TPSA) is 55.1 Å². The molecule has 0 saturated carbocycles. The zero-order valence-corrected chi connectivity index (χ0v) is 16.0. The standard InChI is InChI=1S/C22H17N5S/c1-27-14-17(16-9-5-6-10-19(16)27)20-21-18(11-12-28-21)24-22(25-20)26-23-13-15-7-3-2-4-8-15/h2-14H,1H3,(H,24,25,26)/b23-13+. The number of nitrogens with zero attached hydrogens (tertiary/aromatic N) is 4. The summed E-state index contributed by atoms with van der Waals surface area (Å²) < 4.78 is 3.21. The summed E-state index contributed by atoms with van der Waals surface area (Å²) in [5.74, 6) is 0.487. The second-order valence-electron chi connectivity index (χ2n) is 6.48. The molecule has 0 aliphatic carbocycles. The van der Waals surface area contributed by atoms with Gasteiger partial charge in [0.15, 0.2) is 0 Å². The van der Waals surface area contributed by atoms with Gasteiger partial charge in [0.1, 0.15) is 0 Å². The maximum absolute atomic E-state index is 4.80. The molecule has 0 amide bonds. The molecule has 0 fully saturated rings. The number of hydrogen-bond donors (Lipinski definition) is 1.